The number of unbranched alkanes of at least 4 members (excludes halogenated alkanes) is 32. The minimum Gasteiger partial charge on any atom is -0.394 e. The summed E-state index contributed by atoms with van der Waals surface area (Å²) < 4.78 is 11.1. The summed E-state index contributed by atoms with van der Waals surface area (Å²) in [5.74, 6) is -0.193. The molecule has 0 spiro atoms. The van der Waals surface area contributed by atoms with E-state index in [1.165, 1.54) is 173 Å². The Morgan fingerprint density at radius 3 is 1.34 bits per heavy atom. The molecule has 0 bridgehead atoms. The molecule has 9 heteroatoms. The van der Waals surface area contributed by atoms with E-state index in [0.717, 1.165) is 44.9 Å². The van der Waals surface area contributed by atoms with Crippen LogP contribution >= 0.6 is 0 Å². The highest BCUT2D eigenvalue weighted by Crippen LogP contribution is 2.23. The molecule has 344 valence electrons. The number of nitrogens with one attached hydrogen (secondary N) is 1. The van der Waals surface area contributed by atoms with Crippen LogP contribution in [0.2, 0.25) is 0 Å². The molecule has 58 heavy (non-hydrogen) atoms. The zero-order valence-corrected chi connectivity index (χ0v) is 37.8. The Labute approximate surface area is 356 Å². The molecule has 7 atom stereocenters. The van der Waals surface area contributed by atoms with Crippen molar-refractivity contribution in [1.82, 2.24) is 5.32 Å². The molecule has 1 heterocycles. The molecule has 0 radical (unpaired) electrons. The lowest BCUT2D eigenvalue weighted by Gasteiger charge is -2.40. The summed E-state index contributed by atoms with van der Waals surface area (Å²) in [6.45, 7) is 3.66. The van der Waals surface area contributed by atoms with Crippen LogP contribution in [0.25, 0.3) is 0 Å². The Balaban J connectivity index is 2.03. The van der Waals surface area contributed by atoms with E-state index in [4.69, 9.17) is 9.47 Å². The first kappa shape index (κ1) is 54.9. The fourth-order valence-electron chi connectivity index (χ4n) is 8.10. The van der Waals surface area contributed by atoms with Crippen molar-refractivity contribution < 1.29 is 39.8 Å². The molecule has 0 saturated carbocycles. The van der Waals surface area contributed by atoms with Gasteiger partial charge in [-0.1, -0.05) is 225 Å². The fraction of sp³-hybridized carbons (Fsp3) is 0.939. The van der Waals surface area contributed by atoms with Crippen LogP contribution in [0.15, 0.2) is 12.2 Å². The Morgan fingerprint density at radius 2 is 0.948 bits per heavy atom. The first-order chi connectivity index (χ1) is 28.3. The number of aliphatic hydroxyl groups excluding tert-OH is 5. The number of amides is 1. The smallest absolute Gasteiger partial charge is 0.220 e. The number of allylic oxidation sites excluding steroid dienone is 1. The van der Waals surface area contributed by atoms with E-state index >= 15 is 0 Å². The molecule has 9 nitrogen and oxygen atoms in total. The summed E-state index contributed by atoms with van der Waals surface area (Å²) >= 11 is 0. The standard InChI is InChI=1S/C49H95NO8/c1-3-5-7-9-10-11-12-13-14-15-16-17-18-19-20-21-22-23-24-25-26-27-28-29-30-31-32-33-34-35-36-38-43(52)42(50-45(53)39-37-8-6-4-2)41-57-49-48(56)47(55)46(54)44(40-51)58-49/h36,38,42-44,46-49,51-52,54-56H,3-35,37,39-41H2,1-2H3,(H,50,53)/b38-36+. The Morgan fingerprint density at radius 1 is 0.569 bits per heavy atom. The molecule has 1 rings (SSSR count). The second-order valence-corrected chi connectivity index (χ2v) is 17.6. The van der Waals surface area contributed by atoms with E-state index in [1.807, 2.05) is 6.08 Å². The van der Waals surface area contributed by atoms with E-state index in [9.17, 15) is 30.3 Å². The average molecular weight is 826 g/mol. The van der Waals surface area contributed by atoms with Gasteiger partial charge in [-0.15, -0.1) is 0 Å². The van der Waals surface area contributed by atoms with Crippen molar-refractivity contribution in [3.05, 3.63) is 12.2 Å². The molecule has 0 aliphatic carbocycles. The minimum absolute atomic E-state index is 0.186. The molecule has 1 amide bonds. The Hall–Kier alpha value is -1.07. The summed E-state index contributed by atoms with van der Waals surface area (Å²) in [4.78, 5) is 12.7. The first-order valence-corrected chi connectivity index (χ1v) is 24.9. The molecule has 0 aromatic heterocycles. The van der Waals surface area contributed by atoms with Crippen LogP contribution in [-0.2, 0) is 14.3 Å². The maximum atomic E-state index is 12.7. The lowest BCUT2D eigenvalue weighted by atomic mass is 9.99. The van der Waals surface area contributed by atoms with E-state index < -0.39 is 49.5 Å². The van der Waals surface area contributed by atoms with Crippen molar-refractivity contribution in [2.75, 3.05) is 13.2 Å². The van der Waals surface area contributed by atoms with Crippen molar-refractivity contribution in [3.63, 3.8) is 0 Å². The van der Waals surface area contributed by atoms with Crippen LogP contribution in [-0.4, -0.2) is 87.5 Å². The van der Waals surface area contributed by atoms with Gasteiger partial charge in [-0.05, 0) is 19.3 Å². The lowest BCUT2D eigenvalue weighted by Crippen LogP contribution is -2.60. The number of aliphatic hydroxyl groups is 5. The fourth-order valence-corrected chi connectivity index (χ4v) is 8.10. The molecule has 1 saturated heterocycles. The van der Waals surface area contributed by atoms with Crippen molar-refractivity contribution in [2.45, 2.75) is 281 Å². The Bertz CT molecular complexity index is 919. The van der Waals surface area contributed by atoms with Crippen LogP contribution in [0, 0.1) is 0 Å². The number of rotatable bonds is 42. The number of ether oxygens (including phenoxy) is 2. The van der Waals surface area contributed by atoms with Gasteiger partial charge in [0.2, 0.25) is 5.91 Å². The summed E-state index contributed by atoms with van der Waals surface area (Å²) in [5.41, 5.74) is 0. The maximum Gasteiger partial charge on any atom is 0.220 e. The molecule has 0 aromatic rings. The third kappa shape index (κ3) is 30.0. The van der Waals surface area contributed by atoms with Crippen LogP contribution in [0.5, 0.6) is 0 Å². The third-order valence-corrected chi connectivity index (χ3v) is 12.1. The van der Waals surface area contributed by atoms with Crippen molar-refractivity contribution in [2.24, 2.45) is 0 Å². The van der Waals surface area contributed by atoms with Crippen molar-refractivity contribution in [1.29, 1.82) is 0 Å². The number of carbonyl (C=O) groups is 1. The molecule has 1 aliphatic rings. The van der Waals surface area contributed by atoms with Gasteiger partial charge in [-0.3, -0.25) is 4.79 Å². The molecular weight excluding hydrogens is 731 g/mol. The SMILES string of the molecule is CCCCCCCCCCCCCCCCCCCCCCCCCCCCCCC/C=C/C(O)C(COC1OC(CO)C(O)C(O)C1O)NC(=O)CCCCCC. The zero-order chi connectivity index (χ0) is 42.3. The van der Waals surface area contributed by atoms with Gasteiger partial charge in [-0.25, -0.2) is 0 Å². The number of hydrogen-bond acceptors (Lipinski definition) is 8. The van der Waals surface area contributed by atoms with Crippen molar-refractivity contribution in [3.8, 4) is 0 Å². The van der Waals surface area contributed by atoms with Gasteiger partial charge in [0.25, 0.3) is 0 Å². The van der Waals surface area contributed by atoms with Gasteiger partial charge in [0.15, 0.2) is 6.29 Å². The zero-order valence-electron chi connectivity index (χ0n) is 37.8. The molecule has 1 fully saturated rings. The molecule has 1 aliphatic heterocycles. The summed E-state index contributed by atoms with van der Waals surface area (Å²) in [5, 5.41) is 53.8. The van der Waals surface area contributed by atoms with E-state index in [2.05, 4.69) is 19.2 Å². The predicted octanol–water partition coefficient (Wildman–Crippen LogP) is 10.9. The highest BCUT2D eigenvalue weighted by Gasteiger charge is 2.44. The first-order valence-electron chi connectivity index (χ1n) is 24.9. The maximum absolute atomic E-state index is 12.7. The van der Waals surface area contributed by atoms with Crippen LogP contribution < -0.4 is 5.32 Å². The summed E-state index contributed by atoms with van der Waals surface area (Å²) in [6.07, 6.45) is 40.8. The van der Waals surface area contributed by atoms with Crippen LogP contribution in [0.4, 0.5) is 0 Å². The largest absolute Gasteiger partial charge is 0.394 e. The van der Waals surface area contributed by atoms with Gasteiger partial charge >= 0.3 is 0 Å². The normalized spacial score (nSPS) is 20.8. The van der Waals surface area contributed by atoms with Gasteiger partial charge < -0.3 is 40.3 Å². The highest BCUT2D eigenvalue weighted by molar-refractivity contribution is 5.76. The van der Waals surface area contributed by atoms with Crippen LogP contribution in [0.1, 0.15) is 239 Å². The number of carbonyl (C=O) groups excluding carboxylic acids is 1. The topological polar surface area (TPSA) is 149 Å². The predicted molar refractivity (Wildman–Crippen MR) is 240 cm³/mol. The van der Waals surface area contributed by atoms with E-state index in [-0.39, 0.29) is 12.5 Å². The summed E-state index contributed by atoms with van der Waals surface area (Å²) in [7, 11) is 0. The second-order valence-electron chi connectivity index (χ2n) is 17.6. The molecular formula is C49H95NO8. The highest BCUT2D eigenvalue weighted by atomic mass is 16.7. The van der Waals surface area contributed by atoms with E-state index in [0.29, 0.717) is 6.42 Å². The average Bonchev–Trinajstić information content (AvgIpc) is 3.22. The molecule has 6 N–H and O–H groups in total. The molecule has 0 aromatic carbocycles. The van der Waals surface area contributed by atoms with Gasteiger partial charge in [0.05, 0.1) is 25.4 Å². The lowest BCUT2D eigenvalue weighted by molar-refractivity contribution is -0.302. The van der Waals surface area contributed by atoms with Gasteiger partial charge in [-0.2, -0.15) is 0 Å². The summed E-state index contributed by atoms with van der Waals surface area (Å²) in [6, 6.07) is -0.796. The second kappa shape index (κ2) is 40.0. The van der Waals surface area contributed by atoms with Gasteiger partial charge in [0, 0.05) is 6.42 Å². The minimum atomic E-state index is -1.56. The Kier molecular flexibility index (Phi) is 37.9. The van der Waals surface area contributed by atoms with E-state index in [1.54, 1.807) is 6.08 Å². The van der Waals surface area contributed by atoms with Crippen molar-refractivity contribution >= 4 is 5.91 Å². The number of hydrogen-bond donors (Lipinski definition) is 6. The van der Waals surface area contributed by atoms with Crippen LogP contribution in [0.3, 0.4) is 0 Å². The quantitative estimate of drug-likeness (QED) is 0.0263. The van der Waals surface area contributed by atoms with Gasteiger partial charge in [0.1, 0.15) is 24.4 Å². The third-order valence-electron chi connectivity index (χ3n) is 12.1. The molecule has 7 unspecified atom stereocenters. The monoisotopic (exact) mass is 826 g/mol.